The lowest BCUT2D eigenvalue weighted by atomic mass is 10.3. The van der Waals surface area contributed by atoms with Gasteiger partial charge >= 0.3 is 0 Å². The largest absolute Gasteiger partial charge is 0.492 e. The van der Waals surface area contributed by atoms with E-state index in [2.05, 4.69) is 23.5 Å². The highest BCUT2D eigenvalue weighted by atomic mass is 32.2. The number of sulfonamides is 1. The van der Waals surface area contributed by atoms with E-state index in [9.17, 15) is 8.42 Å². The maximum Gasteiger partial charge on any atom is 0.242 e. The van der Waals surface area contributed by atoms with Gasteiger partial charge in [-0.25, -0.2) is 13.1 Å². The molecule has 0 atom stereocenters. The lowest BCUT2D eigenvalue weighted by Gasteiger charge is -2.18. The third-order valence-electron chi connectivity index (χ3n) is 3.11. The molecule has 0 aliphatic rings. The second kappa shape index (κ2) is 7.47. The SMILES string of the molecule is CCN(CC)CCOc1ccc(S(=O)(=O)NC)c(N)c1. The van der Waals surface area contributed by atoms with E-state index in [1.54, 1.807) is 6.07 Å². The van der Waals surface area contributed by atoms with Gasteiger partial charge in [0.2, 0.25) is 10.0 Å². The fraction of sp³-hybridized carbons (Fsp3) is 0.538. The van der Waals surface area contributed by atoms with E-state index in [4.69, 9.17) is 10.5 Å². The monoisotopic (exact) mass is 301 g/mol. The van der Waals surface area contributed by atoms with Crippen LogP contribution in [0.25, 0.3) is 0 Å². The van der Waals surface area contributed by atoms with Crippen LogP contribution < -0.4 is 15.2 Å². The van der Waals surface area contributed by atoms with E-state index in [1.165, 1.54) is 19.2 Å². The molecule has 20 heavy (non-hydrogen) atoms. The van der Waals surface area contributed by atoms with E-state index in [0.29, 0.717) is 12.4 Å². The Morgan fingerprint density at radius 2 is 1.95 bits per heavy atom. The summed E-state index contributed by atoms with van der Waals surface area (Å²) >= 11 is 0. The maximum absolute atomic E-state index is 11.7. The van der Waals surface area contributed by atoms with Crippen LogP contribution in [0.15, 0.2) is 23.1 Å². The summed E-state index contributed by atoms with van der Waals surface area (Å²) in [5.41, 5.74) is 5.94. The van der Waals surface area contributed by atoms with Crippen molar-refractivity contribution in [2.24, 2.45) is 0 Å². The Kier molecular flexibility index (Phi) is 6.25. The topological polar surface area (TPSA) is 84.7 Å². The number of nitrogens with one attached hydrogen (secondary N) is 1. The number of ether oxygens (including phenoxy) is 1. The molecule has 7 heteroatoms. The zero-order valence-electron chi connectivity index (χ0n) is 12.2. The first-order chi connectivity index (χ1) is 9.44. The summed E-state index contributed by atoms with van der Waals surface area (Å²) in [5.74, 6) is 0.574. The fourth-order valence-corrected chi connectivity index (χ4v) is 2.64. The van der Waals surface area contributed by atoms with Gasteiger partial charge in [-0.3, -0.25) is 0 Å². The minimum absolute atomic E-state index is 0.0658. The van der Waals surface area contributed by atoms with E-state index in [1.807, 2.05) is 0 Å². The van der Waals surface area contributed by atoms with Crippen molar-refractivity contribution in [2.45, 2.75) is 18.7 Å². The van der Waals surface area contributed by atoms with E-state index in [-0.39, 0.29) is 10.6 Å². The summed E-state index contributed by atoms with van der Waals surface area (Å²) in [6.07, 6.45) is 0. The molecule has 0 radical (unpaired) electrons. The molecule has 1 aromatic rings. The molecule has 1 rings (SSSR count). The van der Waals surface area contributed by atoms with Crippen molar-refractivity contribution < 1.29 is 13.2 Å². The van der Waals surface area contributed by atoms with Gasteiger partial charge < -0.3 is 15.4 Å². The van der Waals surface area contributed by atoms with Gasteiger partial charge in [0.15, 0.2) is 0 Å². The first-order valence-corrected chi connectivity index (χ1v) is 8.11. The second-order valence-corrected chi connectivity index (χ2v) is 6.14. The Balaban J connectivity index is 2.69. The number of rotatable bonds is 8. The molecule has 0 aromatic heterocycles. The van der Waals surface area contributed by atoms with Crippen LogP contribution in [-0.4, -0.2) is 46.6 Å². The van der Waals surface area contributed by atoms with Crippen LogP contribution in [0.2, 0.25) is 0 Å². The van der Waals surface area contributed by atoms with Crippen LogP contribution in [0.5, 0.6) is 5.75 Å². The minimum atomic E-state index is -3.53. The molecule has 0 saturated carbocycles. The number of hydrogen-bond acceptors (Lipinski definition) is 5. The van der Waals surface area contributed by atoms with Gasteiger partial charge in [-0.15, -0.1) is 0 Å². The van der Waals surface area contributed by atoms with Crippen molar-refractivity contribution >= 4 is 15.7 Å². The van der Waals surface area contributed by atoms with Crippen molar-refractivity contribution in [3.63, 3.8) is 0 Å². The number of hydrogen-bond donors (Lipinski definition) is 2. The molecule has 0 unspecified atom stereocenters. The van der Waals surface area contributed by atoms with Crippen LogP contribution in [-0.2, 0) is 10.0 Å². The predicted octanol–water partition coefficient (Wildman–Crippen LogP) is 0.898. The van der Waals surface area contributed by atoms with E-state index >= 15 is 0 Å². The first-order valence-electron chi connectivity index (χ1n) is 6.62. The van der Waals surface area contributed by atoms with Crippen molar-refractivity contribution in [3.05, 3.63) is 18.2 Å². The third kappa shape index (κ3) is 4.36. The molecule has 0 heterocycles. The average molecular weight is 301 g/mol. The van der Waals surface area contributed by atoms with E-state index in [0.717, 1.165) is 19.6 Å². The molecule has 0 spiro atoms. The number of nitrogen functional groups attached to an aromatic ring is 1. The summed E-state index contributed by atoms with van der Waals surface area (Å²) in [7, 11) is -2.18. The predicted molar refractivity (Wildman–Crippen MR) is 80.4 cm³/mol. The highest BCUT2D eigenvalue weighted by Gasteiger charge is 2.15. The van der Waals surface area contributed by atoms with Crippen molar-refractivity contribution in [2.75, 3.05) is 39.0 Å². The second-order valence-electron chi connectivity index (χ2n) is 4.28. The maximum atomic E-state index is 11.7. The van der Waals surface area contributed by atoms with Crippen LogP contribution in [0, 0.1) is 0 Å². The molecule has 0 bridgehead atoms. The van der Waals surface area contributed by atoms with Gasteiger partial charge in [0.25, 0.3) is 0 Å². The van der Waals surface area contributed by atoms with Crippen molar-refractivity contribution in [1.82, 2.24) is 9.62 Å². The molecule has 114 valence electrons. The quantitative estimate of drug-likeness (QED) is 0.697. The lowest BCUT2D eigenvalue weighted by molar-refractivity contribution is 0.223. The van der Waals surface area contributed by atoms with Crippen molar-refractivity contribution in [1.29, 1.82) is 0 Å². The molecule has 3 N–H and O–H groups in total. The zero-order chi connectivity index (χ0) is 15.2. The summed E-state index contributed by atoms with van der Waals surface area (Å²) in [4.78, 5) is 2.31. The molecular weight excluding hydrogens is 278 g/mol. The standard InChI is InChI=1S/C13H23N3O3S/c1-4-16(5-2)8-9-19-11-6-7-13(12(14)10-11)20(17,18)15-3/h6-7,10,15H,4-5,8-9,14H2,1-3H3. The van der Waals surface area contributed by atoms with Gasteiger partial charge in [0.05, 0.1) is 5.69 Å². The molecule has 0 aliphatic heterocycles. The van der Waals surface area contributed by atoms with Crippen LogP contribution >= 0.6 is 0 Å². The molecule has 0 saturated heterocycles. The molecule has 6 nitrogen and oxygen atoms in total. The van der Waals surface area contributed by atoms with Crippen LogP contribution in [0.4, 0.5) is 5.69 Å². The summed E-state index contributed by atoms with van der Waals surface area (Å²) in [6, 6.07) is 4.60. The summed E-state index contributed by atoms with van der Waals surface area (Å²) in [5, 5.41) is 0. The number of nitrogens with two attached hydrogens (primary N) is 1. The number of anilines is 1. The number of nitrogens with zero attached hydrogens (tertiary/aromatic N) is 1. The lowest BCUT2D eigenvalue weighted by Crippen LogP contribution is -2.27. The zero-order valence-corrected chi connectivity index (χ0v) is 13.0. The molecule has 0 aliphatic carbocycles. The number of benzene rings is 1. The van der Waals surface area contributed by atoms with Crippen LogP contribution in [0.1, 0.15) is 13.8 Å². The van der Waals surface area contributed by atoms with Gasteiger partial charge in [0.1, 0.15) is 17.3 Å². The normalized spacial score (nSPS) is 11.8. The van der Waals surface area contributed by atoms with Gasteiger partial charge in [-0.2, -0.15) is 0 Å². The Morgan fingerprint density at radius 3 is 2.45 bits per heavy atom. The minimum Gasteiger partial charge on any atom is -0.492 e. The molecular formula is C13H23N3O3S. The highest BCUT2D eigenvalue weighted by Crippen LogP contribution is 2.23. The first kappa shape index (κ1) is 16.7. The summed E-state index contributed by atoms with van der Waals surface area (Å²) in [6.45, 7) is 7.50. The van der Waals surface area contributed by atoms with Crippen LogP contribution in [0.3, 0.4) is 0 Å². The Labute approximate surface area is 121 Å². The Hall–Kier alpha value is -1.31. The molecule has 0 amide bonds. The number of likely N-dealkylation sites (N-methyl/N-ethyl adjacent to an activating group) is 1. The Bertz CT molecular complexity index is 528. The summed E-state index contributed by atoms with van der Waals surface area (Å²) < 4.78 is 31.2. The third-order valence-corrected chi connectivity index (χ3v) is 4.60. The van der Waals surface area contributed by atoms with Gasteiger partial charge in [-0.05, 0) is 32.3 Å². The van der Waals surface area contributed by atoms with Gasteiger partial charge in [0, 0.05) is 12.6 Å². The highest BCUT2D eigenvalue weighted by molar-refractivity contribution is 7.89. The molecule has 0 fully saturated rings. The van der Waals surface area contributed by atoms with Gasteiger partial charge in [-0.1, -0.05) is 13.8 Å². The van der Waals surface area contributed by atoms with E-state index < -0.39 is 10.0 Å². The smallest absolute Gasteiger partial charge is 0.242 e. The Morgan fingerprint density at radius 1 is 1.30 bits per heavy atom. The fourth-order valence-electron chi connectivity index (χ4n) is 1.80. The average Bonchev–Trinajstić information content (AvgIpc) is 2.43. The molecule has 1 aromatic carbocycles. The van der Waals surface area contributed by atoms with Crippen molar-refractivity contribution in [3.8, 4) is 5.75 Å².